The molecule has 0 radical (unpaired) electrons. The maximum atomic E-state index is 13.0. The number of carbonyl (C=O) groups excluding carboxylic acids is 1. The summed E-state index contributed by atoms with van der Waals surface area (Å²) in [7, 11) is 0. The minimum Gasteiger partial charge on any atom is -0.379 e. The van der Waals surface area contributed by atoms with E-state index in [0.717, 1.165) is 26.2 Å². The molecule has 6 heteroatoms. The zero-order chi connectivity index (χ0) is 16.4. The molecule has 0 atom stereocenters. The van der Waals surface area contributed by atoms with Gasteiger partial charge in [0.25, 0.3) is 5.91 Å². The molecule has 3 aliphatic rings. The maximum Gasteiger partial charge on any atom is 0.272 e. The molecule has 130 valence electrons. The van der Waals surface area contributed by atoms with Crippen LogP contribution in [-0.2, 0) is 4.74 Å². The Morgan fingerprint density at radius 1 is 1.12 bits per heavy atom. The van der Waals surface area contributed by atoms with Gasteiger partial charge in [-0.3, -0.25) is 4.79 Å². The van der Waals surface area contributed by atoms with Gasteiger partial charge in [0.15, 0.2) is 0 Å². The summed E-state index contributed by atoms with van der Waals surface area (Å²) in [6.45, 7) is 4.84. The Balaban J connectivity index is 1.52. The van der Waals surface area contributed by atoms with E-state index in [-0.39, 0.29) is 11.3 Å². The molecule has 1 aromatic heterocycles. The highest BCUT2D eigenvalue weighted by Gasteiger charge is 2.39. The molecule has 1 spiro atoms. The first-order valence-electron chi connectivity index (χ1n) is 9.21. The fraction of sp³-hybridized carbons (Fsp3) is 0.722. The second-order valence-corrected chi connectivity index (χ2v) is 7.42. The van der Waals surface area contributed by atoms with Crippen LogP contribution in [0.1, 0.15) is 49.0 Å². The number of anilines is 1. The largest absolute Gasteiger partial charge is 0.379 e. The predicted molar refractivity (Wildman–Crippen MR) is 91.1 cm³/mol. The van der Waals surface area contributed by atoms with E-state index in [1.807, 2.05) is 4.90 Å². The fourth-order valence-electron chi connectivity index (χ4n) is 4.29. The predicted octanol–water partition coefficient (Wildman–Crippen LogP) is 2.11. The Morgan fingerprint density at radius 2 is 1.92 bits per heavy atom. The van der Waals surface area contributed by atoms with Crippen molar-refractivity contribution >= 4 is 11.9 Å². The number of nitrogens with zero attached hydrogens (tertiary/aromatic N) is 4. The van der Waals surface area contributed by atoms with E-state index < -0.39 is 0 Å². The summed E-state index contributed by atoms with van der Waals surface area (Å²) in [4.78, 5) is 26.1. The van der Waals surface area contributed by atoms with Crippen LogP contribution in [0.25, 0.3) is 0 Å². The molecule has 6 nitrogen and oxygen atoms in total. The smallest absolute Gasteiger partial charge is 0.272 e. The minimum absolute atomic E-state index is 0.0228. The van der Waals surface area contributed by atoms with Gasteiger partial charge in [-0.1, -0.05) is 12.8 Å². The van der Waals surface area contributed by atoms with Gasteiger partial charge in [-0.05, 0) is 31.7 Å². The fourth-order valence-corrected chi connectivity index (χ4v) is 4.29. The summed E-state index contributed by atoms with van der Waals surface area (Å²) in [6.07, 6.45) is 8.89. The highest BCUT2D eigenvalue weighted by molar-refractivity contribution is 5.92. The molecule has 3 fully saturated rings. The molecule has 0 N–H and O–H groups in total. The van der Waals surface area contributed by atoms with Gasteiger partial charge in [0.1, 0.15) is 5.69 Å². The minimum atomic E-state index is 0.0228. The average molecular weight is 330 g/mol. The van der Waals surface area contributed by atoms with Crippen LogP contribution in [0.3, 0.4) is 0 Å². The zero-order valence-electron chi connectivity index (χ0n) is 14.2. The lowest BCUT2D eigenvalue weighted by Crippen LogP contribution is -2.41. The van der Waals surface area contributed by atoms with Gasteiger partial charge in [0.2, 0.25) is 5.95 Å². The summed E-state index contributed by atoms with van der Waals surface area (Å²) < 4.78 is 5.82. The molecule has 24 heavy (non-hydrogen) atoms. The summed E-state index contributed by atoms with van der Waals surface area (Å²) >= 11 is 0. The van der Waals surface area contributed by atoms with E-state index in [9.17, 15) is 4.79 Å². The Morgan fingerprint density at radius 3 is 2.71 bits per heavy atom. The van der Waals surface area contributed by atoms with E-state index in [1.165, 1.54) is 38.5 Å². The third-order valence-electron chi connectivity index (χ3n) is 5.64. The highest BCUT2D eigenvalue weighted by atomic mass is 16.5. The number of aromatic nitrogens is 2. The van der Waals surface area contributed by atoms with E-state index in [4.69, 9.17) is 4.74 Å². The topological polar surface area (TPSA) is 58.6 Å². The summed E-state index contributed by atoms with van der Waals surface area (Å²) in [5, 5.41) is 0. The lowest BCUT2D eigenvalue weighted by atomic mass is 9.86. The van der Waals surface area contributed by atoms with Gasteiger partial charge in [-0.25, -0.2) is 9.97 Å². The quantitative estimate of drug-likeness (QED) is 0.831. The van der Waals surface area contributed by atoms with Crippen LogP contribution < -0.4 is 4.90 Å². The summed E-state index contributed by atoms with van der Waals surface area (Å²) in [5.74, 6) is 0.717. The van der Waals surface area contributed by atoms with Crippen molar-refractivity contribution in [1.29, 1.82) is 0 Å². The molecule has 4 rings (SSSR count). The van der Waals surface area contributed by atoms with E-state index in [1.54, 1.807) is 12.3 Å². The molecule has 0 bridgehead atoms. The van der Waals surface area contributed by atoms with Crippen LogP contribution in [0, 0.1) is 5.41 Å². The Hall–Kier alpha value is -1.69. The summed E-state index contributed by atoms with van der Waals surface area (Å²) in [5.41, 5.74) is 0.679. The van der Waals surface area contributed by atoms with E-state index in [0.29, 0.717) is 24.8 Å². The molecule has 1 aromatic rings. The maximum absolute atomic E-state index is 13.0. The van der Waals surface area contributed by atoms with Crippen LogP contribution in [0.15, 0.2) is 12.3 Å². The molecular formula is C18H26N4O2. The van der Waals surface area contributed by atoms with Gasteiger partial charge >= 0.3 is 0 Å². The van der Waals surface area contributed by atoms with Crippen molar-refractivity contribution in [2.75, 3.05) is 44.3 Å². The monoisotopic (exact) mass is 330 g/mol. The molecule has 1 saturated carbocycles. The average Bonchev–Trinajstić information content (AvgIpc) is 3.25. The van der Waals surface area contributed by atoms with Crippen LogP contribution in [0.4, 0.5) is 5.95 Å². The Labute approximate surface area is 143 Å². The highest BCUT2D eigenvalue weighted by Crippen LogP contribution is 2.40. The number of rotatable bonds is 2. The van der Waals surface area contributed by atoms with Crippen molar-refractivity contribution in [3.8, 4) is 0 Å². The molecule has 0 aromatic carbocycles. The first kappa shape index (κ1) is 15.8. The van der Waals surface area contributed by atoms with E-state index >= 15 is 0 Å². The molecule has 2 aliphatic heterocycles. The van der Waals surface area contributed by atoms with Gasteiger partial charge in [-0.2, -0.15) is 0 Å². The SMILES string of the molecule is O=C(c1ccnc(N2CCCC2)n1)N1CCOCC2(CCCC2)C1. The van der Waals surface area contributed by atoms with Crippen LogP contribution in [0.2, 0.25) is 0 Å². The number of hydrogen-bond donors (Lipinski definition) is 0. The van der Waals surface area contributed by atoms with Gasteiger partial charge in [0.05, 0.1) is 13.2 Å². The van der Waals surface area contributed by atoms with Gasteiger partial charge in [-0.15, -0.1) is 0 Å². The molecule has 0 unspecified atom stereocenters. The third kappa shape index (κ3) is 3.11. The Bertz CT molecular complexity index is 594. The normalized spacial score (nSPS) is 23.7. The number of ether oxygens (including phenoxy) is 1. The van der Waals surface area contributed by atoms with Crippen molar-refractivity contribution in [3.63, 3.8) is 0 Å². The lowest BCUT2D eigenvalue weighted by Gasteiger charge is -2.31. The van der Waals surface area contributed by atoms with Crippen LogP contribution in [-0.4, -0.2) is 60.2 Å². The first-order chi connectivity index (χ1) is 11.8. The third-order valence-corrected chi connectivity index (χ3v) is 5.64. The molecule has 3 heterocycles. The second-order valence-electron chi connectivity index (χ2n) is 7.42. The van der Waals surface area contributed by atoms with Gasteiger partial charge in [0, 0.05) is 37.8 Å². The molecule has 1 aliphatic carbocycles. The molecule has 1 amide bonds. The van der Waals surface area contributed by atoms with Crippen molar-refractivity contribution in [2.45, 2.75) is 38.5 Å². The van der Waals surface area contributed by atoms with E-state index in [2.05, 4.69) is 14.9 Å². The van der Waals surface area contributed by atoms with Gasteiger partial charge < -0.3 is 14.5 Å². The van der Waals surface area contributed by atoms with Crippen LogP contribution in [0.5, 0.6) is 0 Å². The second kappa shape index (κ2) is 6.67. The van der Waals surface area contributed by atoms with Crippen molar-refractivity contribution in [3.05, 3.63) is 18.0 Å². The zero-order valence-corrected chi connectivity index (χ0v) is 14.2. The first-order valence-corrected chi connectivity index (χ1v) is 9.21. The molecular weight excluding hydrogens is 304 g/mol. The van der Waals surface area contributed by atoms with Crippen molar-refractivity contribution in [1.82, 2.24) is 14.9 Å². The number of hydrogen-bond acceptors (Lipinski definition) is 5. The lowest BCUT2D eigenvalue weighted by molar-refractivity contribution is 0.0641. The number of carbonyl (C=O) groups is 1. The van der Waals surface area contributed by atoms with Crippen molar-refractivity contribution in [2.24, 2.45) is 5.41 Å². The van der Waals surface area contributed by atoms with Crippen LogP contribution >= 0.6 is 0 Å². The van der Waals surface area contributed by atoms with Crippen molar-refractivity contribution < 1.29 is 9.53 Å². The molecule has 2 saturated heterocycles. The Kier molecular flexibility index (Phi) is 4.39. The number of amides is 1. The summed E-state index contributed by atoms with van der Waals surface area (Å²) in [6, 6.07) is 1.75. The standard InChI is InChI=1S/C18H26N4O2/c23-16(15-5-8-19-17(20-15)21-9-3-4-10-21)22-11-12-24-14-18(13-22)6-1-2-7-18/h5,8H,1-4,6-7,9-14H2.